The first-order chi connectivity index (χ1) is 27.1. The molecular formula is C36H39F3N2O15P2. The van der Waals surface area contributed by atoms with E-state index in [1.54, 1.807) is 0 Å². The summed E-state index contributed by atoms with van der Waals surface area (Å²) < 4.78 is 100. The Balaban J connectivity index is 1.08. The summed E-state index contributed by atoms with van der Waals surface area (Å²) in [6.07, 6.45) is -2.28. The number of halogens is 3. The van der Waals surface area contributed by atoms with Gasteiger partial charge in [-0.2, -0.15) is 4.31 Å². The van der Waals surface area contributed by atoms with Gasteiger partial charge in [0, 0.05) is 41.0 Å². The van der Waals surface area contributed by atoms with Crippen LogP contribution in [0.25, 0.3) is 0 Å². The maximum atomic E-state index is 17.8. The number of ketones is 2. The van der Waals surface area contributed by atoms with Crippen molar-refractivity contribution < 1.29 is 84.0 Å². The van der Waals surface area contributed by atoms with Gasteiger partial charge in [0.05, 0.1) is 18.8 Å². The predicted octanol–water partition coefficient (Wildman–Crippen LogP) is 2.77. The quantitative estimate of drug-likeness (QED) is 0.127. The molecule has 12 atom stereocenters. The van der Waals surface area contributed by atoms with Crippen LogP contribution in [0.5, 0.6) is 0 Å². The molecule has 22 heteroatoms. The number of alkyl halides is 2. The molecule has 7 rings (SSSR count). The van der Waals surface area contributed by atoms with E-state index in [1.165, 1.54) is 32.1 Å². The van der Waals surface area contributed by atoms with Crippen LogP contribution in [0.2, 0.25) is 0 Å². The molecule has 2 unspecified atom stereocenters. The van der Waals surface area contributed by atoms with E-state index < -0.39 is 149 Å². The summed E-state index contributed by atoms with van der Waals surface area (Å²) in [4.78, 5) is 83.2. The third-order valence-corrected chi connectivity index (χ3v) is 15.0. The number of amides is 3. The molecule has 314 valence electrons. The first-order valence-corrected chi connectivity index (χ1v) is 21.1. The zero-order valence-corrected chi connectivity index (χ0v) is 32.6. The average molecular weight is 859 g/mol. The minimum atomic E-state index is -5.65. The zero-order chi connectivity index (χ0) is 42.2. The van der Waals surface area contributed by atoms with Crippen molar-refractivity contribution in [3.05, 3.63) is 71.6 Å². The van der Waals surface area contributed by atoms with Crippen LogP contribution in [-0.2, 0) is 55.9 Å². The molecule has 3 amide bonds. The number of fused-ring (bicyclic) bond motifs is 7. The predicted molar refractivity (Wildman–Crippen MR) is 188 cm³/mol. The molecule has 17 nitrogen and oxygen atoms in total. The minimum Gasteiger partial charge on any atom is -0.390 e. The van der Waals surface area contributed by atoms with Gasteiger partial charge in [0.15, 0.2) is 29.1 Å². The molecule has 0 bridgehead atoms. The second-order valence-electron chi connectivity index (χ2n) is 15.5. The molecule has 2 heterocycles. The van der Waals surface area contributed by atoms with E-state index in [0.717, 1.165) is 36.4 Å². The van der Waals surface area contributed by atoms with Crippen LogP contribution in [0.4, 0.5) is 13.2 Å². The van der Waals surface area contributed by atoms with E-state index in [-0.39, 0.29) is 17.6 Å². The lowest BCUT2D eigenvalue weighted by molar-refractivity contribution is -0.235. The van der Waals surface area contributed by atoms with Crippen molar-refractivity contribution in [3.63, 3.8) is 0 Å². The fraction of sp³-hybridized carbons (Fsp3) is 0.528. The number of imide groups is 1. The molecule has 2 aliphatic heterocycles. The number of hydrogen-bond acceptors (Lipinski definition) is 13. The van der Waals surface area contributed by atoms with Crippen LogP contribution < -0.4 is 5.32 Å². The number of nitrogens with one attached hydrogen (secondary N) is 1. The molecule has 0 spiro atoms. The van der Waals surface area contributed by atoms with Gasteiger partial charge in [-0.15, -0.1) is 0 Å². The fourth-order valence-electron chi connectivity index (χ4n) is 9.81. The average Bonchev–Trinajstić information content (AvgIpc) is 3.76. The third-order valence-electron chi connectivity index (χ3n) is 12.4. The lowest BCUT2D eigenvalue weighted by Gasteiger charge is -2.63. The molecule has 1 aromatic carbocycles. The highest BCUT2D eigenvalue weighted by Crippen LogP contribution is 2.73. The van der Waals surface area contributed by atoms with Crippen molar-refractivity contribution in [1.29, 1.82) is 0 Å². The molecule has 1 saturated heterocycles. The smallest absolute Gasteiger partial charge is 0.390 e. The highest BCUT2D eigenvalue weighted by atomic mass is 31.3. The van der Waals surface area contributed by atoms with Crippen molar-refractivity contribution in [2.24, 2.45) is 22.7 Å². The Morgan fingerprint density at radius 3 is 2.41 bits per heavy atom. The topological polar surface area (TPSA) is 242 Å². The number of aliphatic hydroxyl groups excluding tert-OH is 1. The van der Waals surface area contributed by atoms with Crippen molar-refractivity contribution in [1.82, 2.24) is 10.2 Å². The Morgan fingerprint density at radius 2 is 1.72 bits per heavy atom. The van der Waals surface area contributed by atoms with E-state index in [1.807, 2.05) is 0 Å². The number of hydrogen-bond donors (Lipinski definition) is 4. The largest absolute Gasteiger partial charge is 0.481 e. The van der Waals surface area contributed by atoms with Crippen LogP contribution in [0, 0.1) is 28.5 Å². The number of aliphatic hydroxyl groups is 1. The fourth-order valence-corrected chi connectivity index (χ4v) is 11.8. The number of benzene rings is 1. The van der Waals surface area contributed by atoms with Gasteiger partial charge in [0.1, 0.15) is 25.1 Å². The normalized spacial score (nSPS) is 38.3. The van der Waals surface area contributed by atoms with Crippen molar-refractivity contribution in [3.8, 4) is 0 Å². The number of phosphoric acid groups is 2. The van der Waals surface area contributed by atoms with Crippen molar-refractivity contribution in [2.45, 2.75) is 69.0 Å². The summed E-state index contributed by atoms with van der Waals surface area (Å²) in [6, 6.07) is 5.02. The molecule has 0 aromatic heterocycles. The maximum Gasteiger partial charge on any atom is 0.481 e. The van der Waals surface area contributed by atoms with Crippen LogP contribution in [0.1, 0.15) is 45.0 Å². The van der Waals surface area contributed by atoms with Crippen LogP contribution in [-0.4, -0.2) is 105 Å². The number of carbonyl (C=O) groups is 5. The van der Waals surface area contributed by atoms with Crippen molar-refractivity contribution in [2.75, 3.05) is 26.3 Å². The molecular weight excluding hydrogens is 819 g/mol. The molecule has 6 aliphatic rings. The van der Waals surface area contributed by atoms with Crippen LogP contribution in [0.3, 0.4) is 0 Å². The van der Waals surface area contributed by atoms with E-state index in [2.05, 4.69) is 14.2 Å². The Kier molecular flexibility index (Phi) is 10.8. The van der Waals surface area contributed by atoms with Crippen molar-refractivity contribution >= 4 is 44.9 Å². The number of Topliss-reactive ketones (excluding diaryl/α,β-unsaturated/α-hetero) is 1. The summed E-state index contributed by atoms with van der Waals surface area (Å²) in [7, 11) is -11.1. The second-order valence-corrected chi connectivity index (χ2v) is 18.5. The maximum absolute atomic E-state index is 17.8. The second kappa shape index (κ2) is 14.8. The Hall–Kier alpha value is -3.68. The SMILES string of the molecule is C[C@]12C=CC(=O)C=C1[C@@H](F)C[C@H]1[C@@H]3C[C@H]4O[C@@H](c5cccc(F)c5)O[C@@]4(C(=O)COP(=O)(O)OP(=O)(O)OCCNC(=O)CN4C(=O)C=CC4=O)[C@@]3(C)C[C@H](O)[C@@]12F. The number of allylic oxidation sites excluding steroid dienone is 4. The van der Waals surface area contributed by atoms with Crippen LogP contribution >= 0.6 is 15.6 Å². The Morgan fingerprint density at radius 1 is 1.03 bits per heavy atom. The van der Waals surface area contributed by atoms with Gasteiger partial charge < -0.3 is 29.7 Å². The van der Waals surface area contributed by atoms with Gasteiger partial charge in [0.25, 0.3) is 11.8 Å². The third kappa shape index (κ3) is 6.90. The monoisotopic (exact) mass is 858 g/mol. The standard InChI is InChI=1S/C36H39F3N2O15P2/c1-33-9-8-21(42)13-24(33)25(38)14-23-22-15-28-36(34(22,2)16-26(43)35(23,33)39,55-32(54-28)19-4-3-5-20(37)12-19)27(44)18-53-58(50,51)56-57(48,49)52-11-10-40-29(45)17-41-30(46)6-7-31(41)47/h3-9,12-13,22-23,25-26,28,32,43H,10-11,14-18H2,1-2H3,(H,40,45)(H,48,49)(H,50,51)/t22-,23-,25-,26-,28+,32+,33-,34-,35-,36+/m0/s1. The number of nitrogens with zero attached hydrogens (tertiary/aromatic N) is 1. The van der Waals surface area contributed by atoms with Gasteiger partial charge >= 0.3 is 15.6 Å². The molecule has 1 aromatic rings. The number of ether oxygens (including phenoxy) is 2. The van der Waals surface area contributed by atoms with Gasteiger partial charge in [-0.1, -0.05) is 25.1 Å². The van der Waals surface area contributed by atoms with E-state index in [4.69, 9.17) is 14.0 Å². The summed E-state index contributed by atoms with van der Waals surface area (Å²) in [5.41, 5.74) is -8.15. The van der Waals surface area contributed by atoms with E-state index in [9.17, 15) is 52.4 Å². The minimum absolute atomic E-state index is 0.125. The van der Waals surface area contributed by atoms with Gasteiger partial charge in [-0.25, -0.2) is 22.3 Å². The van der Waals surface area contributed by atoms with Crippen LogP contribution in [0.15, 0.2) is 60.2 Å². The zero-order valence-electron chi connectivity index (χ0n) is 30.8. The lowest BCUT2D eigenvalue weighted by Crippen LogP contribution is -2.70. The highest BCUT2D eigenvalue weighted by molar-refractivity contribution is 7.61. The number of carbonyl (C=O) groups excluding carboxylic acids is 5. The van der Waals surface area contributed by atoms with E-state index >= 15 is 8.78 Å². The lowest BCUT2D eigenvalue weighted by atomic mass is 9.44. The summed E-state index contributed by atoms with van der Waals surface area (Å²) in [5, 5.41) is 14.0. The first-order valence-electron chi connectivity index (χ1n) is 18.1. The summed E-state index contributed by atoms with van der Waals surface area (Å²) >= 11 is 0. The molecule has 4 N–H and O–H groups in total. The molecule has 3 saturated carbocycles. The molecule has 0 radical (unpaired) electrons. The Labute approximate surface area is 328 Å². The molecule has 4 fully saturated rings. The van der Waals surface area contributed by atoms with Gasteiger partial charge in [-0.05, 0) is 62.0 Å². The Bertz CT molecular complexity index is 2140. The van der Waals surface area contributed by atoms with E-state index in [0.29, 0.717) is 4.90 Å². The number of phosphoric ester groups is 2. The van der Waals surface area contributed by atoms with Gasteiger partial charge in [-0.3, -0.25) is 37.9 Å². The van der Waals surface area contributed by atoms with Gasteiger partial charge in [0.2, 0.25) is 5.91 Å². The first kappa shape index (κ1) is 42.4. The molecule has 4 aliphatic carbocycles. The highest BCUT2D eigenvalue weighted by Gasteiger charge is 2.80. The molecule has 58 heavy (non-hydrogen) atoms. The summed E-state index contributed by atoms with van der Waals surface area (Å²) in [6.45, 7) is -0.390. The number of rotatable bonds is 13. The summed E-state index contributed by atoms with van der Waals surface area (Å²) in [5.74, 6) is -6.87.